The van der Waals surface area contributed by atoms with Crippen molar-refractivity contribution in [3.05, 3.63) is 82.4 Å². The summed E-state index contributed by atoms with van der Waals surface area (Å²) < 4.78 is 28.0. The van der Waals surface area contributed by atoms with E-state index in [9.17, 15) is 8.78 Å². The van der Waals surface area contributed by atoms with Crippen LogP contribution in [0.1, 0.15) is 17.2 Å². The molecule has 3 aromatic carbocycles. The average molecular weight is 304 g/mol. The van der Waals surface area contributed by atoms with Gasteiger partial charge in [0.25, 0.3) is 0 Å². The highest BCUT2D eigenvalue weighted by Gasteiger charge is 2.18. The summed E-state index contributed by atoms with van der Waals surface area (Å²) in [6.07, 6.45) is 0. The van der Waals surface area contributed by atoms with Crippen LogP contribution in [0.15, 0.2) is 54.6 Å². The number of benzene rings is 3. The van der Waals surface area contributed by atoms with Crippen LogP contribution in [0.4, 0.5) is 8.78 Å². The van der Waals surface area contributed by atoms with E-state index >= 15 is 0 Å². The highest BCUT2D eigenvalue weighted by atomic mass is 35.5. The highest BCUT2D eigenvalue weighted by Crippen LogP contribution is 2.31. The van der Waals surface area contributed by atoms with Gasteiger partial charge in [-0.25, -0.2) is 8.78 Å². The van der Waals surface area contributed by atoms with Crippen LogP contribution >= 0.6 is 11.6 Å². The van der Waals surface area contributed by atoms with Gasteiger partial charge < -0.3 is 5.73 Å². The molecule has 0 spiro atoms. The quantitative estimate of drug-likeness (QED) is 0.721. The van der Waals surface area contributed by atoms with Crippen LogP contribution < -0.4 is 5.73 Å². The molecule has 21 heavy (non-hydrogen) atoms. The normalized spacial score (nSPS) is 12.6. The largest absolute Gasteiger partial charge is 0.320 e. The van der Waals surface area contributed by atoms with Crippen molar-refractivity contribution in [2.45, 2.75) is 6.04 Å². The van der Waals surface area contributed by atoms with Crippen molar-refractivity contribution in [2.75, 3.05) is 0 Å². The van der Waals surface area contributed by atoms with Gasteiger partial charge in [0, 0.05) is 10.9 Å². The van der Waals surface area contributed by atoms with Gasteiger partial charge in [-0.2, -0.15) is 0 Å². The fourth-order valence-electron chi connectivity index (χ4n) is 2.49. The van der Waals surface area contributed by atoms with Gasteiger partial charge in [-0.05, 0) is 23.1 Å². The molecule has 0 bridgehead atoms. The molecule has 0 fully saturated rings. The van der Waals surface area contributed by atoms with E-state index in [1.807, 2.05) is 0 Å². The zero-order valence-electron chi connectivity index (χ0n) is 11.0. The topological polar surface area (TPSA) is 26.0 Å². The molecule has 0 aromatic heterocycles. The molecule has 4 heteroatoms. The maximum Gasteiger partial charge on any atom is 0.146 e. The Morgan fingerprint density at radius 2 is 1.52 bits per heavy atom. The SMILES string of the molecule is NC(c1cccc(Cl)c1F)c1ccc(F)c2ccccc12. The lowest BCUT2D eigenvalue weighted by Gasteiger charge is -2.16. The Kier molecular flexibility index (Phi) is 3.62. The molecule has 0 aliphatic heterocycles. The Morgan fingerprint density at radius 1 is 0.810 bits per heavy atom. The lowest BCUT2D eigenvalue weighted by Crippen LogP contribution is -2.14. The van der Waals surface area contributed by atoms with E-state index in [2.05, 4.69) is 0 Å². The van der Waals surface area contributed by atoms with Gasteiger partial charge in [0.05, 0.1) is 11.1 Å². The van der Waals surface area contributed by atoms with Crippen LogP contribution in [0.3, 0.4) is 0 Å². The fourth-order valence-corrected chi connectivity index (χ4v) is 2.67. The van der Waals surface area contributed by atoms with Gasteiger partial charge in [0.2, 0.25) is 0 Å². The summed E-state index contributed by atoms with van der Waals surface area (Å²) in [5.41, 5.74) is 7.13. The minimum absolute atomic E-state index is 0.0226. The predicted octanol–water partition coefficient (Wildman–Crippen LogP) is 4.82. The van der Waals surface area contributed by atoms with E-state index in [0.29, 0.717) is 21.9 Å². The monoisotopic (exact) mass is 303 g/mol. The number of fused-ring (bicyclic) bond motifs is 1. The molecule has 3 aromatic rings. The summed E-state index contributed by atoms with van der Waals surface area (Å²) >= 11 is 5.80. The van der Waals surface area contributed by atoms with Crippen LogP contribution in [0.2, 0.25) is 5.02 Å². The Balaban J connectivity index is 2.21. The summed E-state index contributed by atoms with van der Waals surface area (Å²) in [6, 6.07) is 13.9. The third kappa shape index (κ3) is 2.39. The minimum atomic E-state index is -0.714. The Bertz CT molecular complexity index is 817. The first-order chi connectivity index (χ1) is 10.1. The first-order valence-corrected chi connectivity index (χ1v) is 6.84. The summed E-state index contributed by atoms with van der Waals surface area (Å²) in [6.45, 7) is 0. The summed E-state index contributed by atoms with van der Waals surface area (Å²) in [5.74, 6) is -0.867. The number of halogens is 3. The standard InChI is InChI=1S/C17H12ClF2N/c18-14-7-3-6-13(16(14)20)17(21)12-8-9-15(19)11-5-2-1-4-10(11)12/h1-9,17H,21H2. The van der Waals surface area contributed by atoms with Crippen LogP contribution in [0.5, 0.6) is 0 Å². The summed E-state index contributed by atoms with van der Waals surface area (Å²) in [7, 11) is 0. The lowest BCUT2D eigenvalue weighted by atomic mass is 9.94. The molecule has 3 rings (SSSR count). The summed E-state index contributed by atoms with van der Waals surface area (Å²) in [4.78, 5) is 0. The van der Waals surface area contributed by atoms with Gasteiger partial charge >= 0.3 is 0 Å². The number of nitrogens with two attached hydrogens (primary N) is 1. The molecule has 0 aliphatic carbocycles. The van der Waals surface area contributed by atoms with Crippen LogP contribution in [-0.2, 0) is 0 Å². The van der Waals surface area contributed by atoms with E-state index in [-0.39, 0.29) is 10.8 Å². The van der Waals surface area contributed by atoms with Crippen LogP contribution in [-0.4, -0.2) is 0 Å². The van der Waals surface area contributed by atoms with Crippen LogP contribution in [0, 0.1) is 11.6 Å². The summed E-state index contributed by atoms with van der Waals surface area (Å²) in [5, 5.41) is 1.16. The second kappa shape index (κ2) is 5.43. The molecule has 0 saturated carbocycles. The molecule has 2 N–H and O–H groups in total. The van der Waals surface area contributed by atoms with Crippen molar-refractivity contribution in [1.29, 1.82) is 0 Å². The van der Waals surface area contributed by atoms with E-state index in [1.54, 1.807) is 42.5 Å². The smallest absolute Gasteiger partial charge is 0.146 e. The molecule has 0 radical (unpaired) electrons. The van der Waals surface area contributed by atoms with Crippen molar-refractivity contribution in [2.24, 2.45) is 5.73 Å². The molecule has 0 heterocycles. The first kappa shape index (κ1) is 14.0. The van der Waals surface area contributed by atoms with E-state index in [4.69, 9.17) is 17.3 Å². The van der Waals surface area contributed by atoms with Gasteiger partial charge in [-0.1, -0.05) is 54.1 Å². The zero-order valence-corrected chi connectivity index (χ0v) is 11.7. The van der Waals surface area contributed by atoms with E-state index < -0.39 is 11.9 Å². The molecular formula is C17H12ClF2N. The van der Waals surface area contributed by atoms with Gasteiger partial charge in [0.15, 0.2) is 0 Å². The maximum absolute atomic E-state index is 14.1. The highest BCUT2D eigenvalue weighted by molar-refractivity contribution is 6.30. The molecule has 0 aliphatic rings. The average Bonchev–Trinajstić information content (AvgIpc) is 2.50. The van der Waals surface area contributed by atoms with Crippen molar-refractivity contribution in [3.63, 3.8) is 0 Å². The molecular weight excluding hydrogens is 292 g/mol. The van der Waals surface area contributed by atoms with Gasteiger partial charge in [-0.15, -0.1) is 0 Å². The van der Waals surface area contributed by atoms with Crippen LogP contribution in [0.25, 0.3) is 10.8 Å². The van der Waals surface area contributed by atoms with E-state index in [1.165, 1.54) is 12.1 Å². The third-order valence-electron chi connectivity index (χ3n) is 3.56. The van der Waals surface area contributed by atoms with Gasteiger partial charge in [0.1, 0.15) is 11.6 Å². The molecule has 0 amide bonds. The predicted molar refractivity (Wildman–Crippen MR) is 81.3 cm³/mol. The molecule has 106 valence electrons. The van der Waals surface area contributed by atoms with E-state index in [0.717, 1.165) is 0 Å². The Morgan fingerprint density at radius 3 is 2.29 bits per heavy atom. The molecule has 1 unspecified atom stereocenters. The molecule has 1 atom stereocenters. The Hall–Kier alpha value is -1.97. The minimum Gasteiger partial charge on any atom is -0.320 e. The fraction of sp³-hybridized carbons (Fsp3) is 0.0588. The third-order valence-corrected chi connectivity index (χ3v) is 3.85. The maximum atomic E-state index is 14.1. The first-order valence-electron chi connectivity index (χ1n) is 6.46. The molecule has 0 saturated heterocycles. The van der Waals surface area contributed by atoms with Crippen molar-refractivity contribution in [1.82, 2.24) is 0 Å². The number of hydrogen-bond acceptors (Lipinski definition) is 1. The second-order valence-electron chi connectivity index (χ2n) is 4.80. The zero-order chi connectivity index (χ0) is 15.0. The number of hydrogen-bond donors (Lipinski definition) is 1. The number of rotatable bonds is 2. The molecule has 1 nitrogen and oxygen atoms in total. The lowest BCUT2D eigenvalue weighted by molar-refractivity contribution is 0.600. The van der Waals surface area contributed by atoms with Gasteiger partial charge in [-0.3, -0.25) is 0 Å². The Labute approximate surface area is 126 Å². The van der Waals surface area contributed by atoms with Crippen molar-refractivity contribution < 1.29 is 8.78 Å². The second-order valence-corrected chi connectivity index (χ2v) is 5.21. The van der Waals surface area contributed by atoms with Crippen molar-refractivity contribution >= 4 is 22.4 Å². The van der Waals surface area contributed by atoms with Crippen molar-refractivity contribution in [3.8, 4) is 0 Å².